The van der Waals surface area contributed by atoms with E-state index in [1.54, 1.807) is 36.4 Å². The van der Waals surface area contributed by atoms with Gasteiger partial charge in [-0.25, -0.2) is 4.39 Å². The van der Waals surface area contributed by atoms with Crippen LogP contribution in [0, 0.1) is 5.82 Å². The zero-order valence-electron chi connectivity index (χ0n) is 12.0. The number of hydrogen-bond donors (Lipinski definition) is 3. The summed E-state index contributed by atoms with van der Waals surface area (Å²) >= 11 is 0. The molecule has 2 amide bonds. The zero-order chi connectivity index (χ0) is 15.9. The molecule has 6 heteroatoms. The molecule has 0 saturated carbocycles. The highest BCUT2D eigenvalue weighted by Crippen LogP contribution is 2.15. The molecule has 2 rings (SSSR count). The van der Waals surface area contributed by atoms with Crippen molar-refractivity contribution in [3.05, 3.63) is 54.3 Å². The number of nitrogens with one attached hydrogen (secondary N) is 3. The molecule has 0 spiro atoms. The van der Waals surface area contributed by atoms with E-state index in [1.165, 1.54) is 19.1 Å². The topological polar surface area (TPSA) is 70.2 Å². The average Bonchev–Trinajstić information content (AvgIpc) is 2.45. The van der Waals surface area contributed by atoms with E-state index in [-0.39, 0.29) is 24.2 Å². The van der Waals surface area contributed by atoms with E-state index in [2.05, 4.69) is 16.0 Å². The third kappa shape index (κ3) is 4.90. The fourth-order valence-electron chi connectivity index (χ4n) is 1.86. The summed E-state index contributed by atoms with van der Waals surface area (Å²) in [7, 11) is 0. The Kier molecular flexibility index (Phi) is 5.08. The Bertz CT molecular complexity index is 689. The molecule has 22 heavy (non-hydrogen) atoms. The molecule has 2 aromatic rings. The molecule has 114 valence electrons. The van der Waals surface area contributed by atoms with Crippen molar-refractivity contribution in [3.8, 4) is 0 Å². The fraction of sp³-hybridized carbons (Fsp3) is 0.125. The largest absolute Gasteiger partial charge is 0.376 e. The fourth-order valence-corrected chi connectivity index (χ4v) is 1.86. The van der Waals surface area contributed by atoms with Gasteiger partial charge in [0, 0.05) is 24.0 Å². The number of carbonyl (C=O) groups excluding carboxylic acids is 2. The minimum absolute atomic E-state index is 0.00776. The van der Waals surface area contributed by atoms with Crippen LogP contribution in [0.4, 0.5) is 21.5 Å². The minimum Gasteiger partial charge on any atom is -0.376 e. The van der Waals surface area contributed by atoms with Crippen LogP contribution >= 0.6 is 0 Å². The van der Waals surface area contributed by atoms with E-state index in [9.17, 15) is 14.0 Å². The number of hydrogen-bond acceptors (Lipinski definition) is 3. The molecule has 0 aliphatic carbocycles. The third-order valence-corrected chi connectivity index (χ3v) is 2.74. The normalized spacial score (nSPS) is 9.91. The first-order chi connectivity index (χ1) is 10.5. The number of benzene rings is 2. The van der Waals surface area contributed by atoms with Gasteiger partial charge in [0.25, 0.3) is 0 Å². The van der Waals surface area contributed by atoms with Crippen molar-refractivity contribution in [1.29, 1.82) is 0 Å². The molecule has 0 unspecified atom stereocenters. The summed E-state index contributed by atoms with van der Waals surface area (Å²) in [5.41, 5.74) is 1.70. The molecule has 3 N–H and O–H groups in total. The number of rotatable bonds is 5. The van der Waals surface area contributed by atoms with E-state index in [1.807, 2.05) is 0 Å². The second-order valence-corrected chi connectivity index (χ2v) is 4.67. The maximum atomic E-state index is 13.0. The predicted molar refractivity (Wildman–Crippen MR) is 84.3 cm³/mol. The molecular weight excluding hydrogens is 285 g/mol. The van der Waals surface area contributed by atoms with Crippen molar-refractivity contribution in [3.63, 3.8) is 0 Å². The summed E-state index contributed by atoms with van der Waals surface area (Å²) in [6, 6.07) is 12.7. The summed E-state index contributed by atoms with van der Waals surface area (Å²) in [5, 5.41) is 8.16. The second kappa shape index (κ2) is 7.21. The van der Waals surface area contributed by atoms with Gasteiger partial charge in [0.1, 0.15) is 5.82 Å². The average molecular weight is 301 g/mol. The van der Waals surface area contributed by atoms with Crippen LogP contribution in [0.25, 0.3) is 0 Å². The van der Waals surface area contributed by atoms with Crippen molar-refractivity contribution in [2.24, 2.45) is 0 Å². The lowest BCUT2D eigenvalue weighted by Gasteiger charge is -2.09. The van der Waals surface area contributed by atoms with Gasteiger partial charge in [-0.05, 0) is 36.4 Å². The number of anilines is 3. The van der Waals surface area contributed by atoms with Gasteiger partial charge < -0.3 is 16.0 Å². The van der Waals surface area contributed by atoms with Crippen molar-refractivity contribution in [2.75, 3.05) is 22.5 Å². The molecule has 5 nitrogen and oxygen atoms in total. The van der Waals surface area contributed by atoms with Crippen LogP contribution in [-0.4, -0.2) is 18.4 Å². The van der Waals surface area contributed by atoms with Crippen LogP contribution in [0.15, 0.2) is 48.5 Å². The lowest BCUT2D eigenvalue weighted by molar-refractivity contribution is -0.115. The summed E-state index contributed by atoms with van der Waals surface area (Å²) in [6.07, 6.45) is 0. The second-order valence-electron chi connectivity index (χ2n) is 4.67. The molecule has 2 aromatic carbocycles. The van der Waals surface area contributed by atoms with Gasteiger partial charge in [-0.1, -0.05) is 12.1 Å². The van der Waals surface area contributed by atoms with Gasteiger partial charge in [0.05, 0.1) is 6.54 Å². The van der Waals surface area contributed by atoms with E-state index < -0.39 is 0 Å². The number of halogens is 1. The van der Waals surface area contributed by atoms with Crippen LogP contribution in [0.2, 0.25) is 0 Å². The zero-order valence-corrected chi connectivity index (χ0v) is 12.0. The van der Waals surface area contributed by atoms with Gasteiger partial charge >= 0.3 is 0 Å². The Morgan fingerprint density at radius 2 is 1.59 bits per heavy atom. The molecule has 0 heterocycles. The first-order valence-corrected chi connectivity index (χ1v) is 6.70. The Morgan fingerprint density at radius 3 is 2.27 bits per heavy atom. The molecule has 0 aliphatic rings. The van der Waals surface area contributed by atoms with Crippen LogP contribution < -0.4 is 16.0 Å². The van der Waals surface area contributed by atoms with Crippen LogP contribution in [0.1, 0.15) is 6.92 Å². The molecule has 0 bridgehead atoms. The van der Waals surface area contributed by atoms with Gasteiger partial charge in [-0.3, -0.25) is 9.59 Å². The summed E-state index contributed by atoms with van der Waals surface area (Å²) < 4.78 is 13.0. The Morgan fingerprint density at radius 1 is 0.955 bits per heavy atom. The van der Waals surface area contributed by atoms with E-state index in [0.29, 0.717) is 17.1 Å². The monoisotopic (exact) mass is 301 g/mol. The highest BCUT2D eigenvalue weighted by Gasteiger charge is 2.04. The minimum atomic E-state index is -0.367. The SMILES string of the molecule is CC(=O)Nc1cccc(NC(=O)CNc2cccc(F)c2)c1. The van der Waals surface area contributed by atoms with E-state index >= 15 is 0 Å². The summed E-state index contributed by atoms with van der Waals surface area (Å²) in [5.74, 6) is -0.825. The number of carbonyl (C=O) groups is 2. The first kappa shape index (κ1) is 15.5. The maximum Gasteiger partial charge on any atom is 0.243 e. The Labute approximate surface area is 127 Å². The third-order valence-electron chi connectivity index (χ3n) is 2.74. The van der Waals surface area contributed by atoms with Crippen LogP contribution in [-0.2, 0) is 9.59 Å². The van der Waals surface area contributed by atoms with Crippen LogP contribution in [0.5, 0.6) is 0 Å². The van der Waals surface area contributed by atoms with Gasteiger partial charge in [0.15, 0.2) is 0 Å². The highest BCUT2D eigenvalue weighted by molar-refractivity contribution is 5.95. The van der Waals surface area contributed by atoms with Gasteiger partial charge in [-0.15, -0.1) is 0 Å². The maximum absolute atomic E-state index is 13.0. The van der Waals surface area contributed by atoms with Crippen LogP contribution in [0.3, 0.4) is 0 Å². The molecule has 0 radical (unpaired) electrons. The molecular formula is C16H16FN3O2. The van der Waals surface area contributed by atoms with Crippen molar-refractivity contribution >= 4 is 28.9 Å². The van der Waals surface area contributed by atoms with Gasteiger partial charge in [0.2, 0.25) is 11.8 Å². The first-order valence-electron chi connectivity index (χ1n) is 6.70. The lowest BCUT2D eigenvalue weighted by Crippen LogP contribution is -2.21. The molecule has 0 saturated heterocycles. The van der Waals surface area contributed by atoms with Crippen molar-refractivity contribution < 1.29 is 14.0 Å². The standard InChI is InChI=1S/C16H16FN3O2/c1-11(21)19-14-6-3-7-15(9-14)20-16(22)10-18-13-5-2-4-12(17)8-13/h2-9,18H,10H2,1H3,(H,19,21)(H,20,22). The lowest BCUT2D eigenvalue weighted by atomic mass is 10.2. The molecule has 0 fully saturated rings. The highest BCUT2D eigenvalue weighted by atomic mass is 19.1. The Hall–Kier alpha value is -2.89. The summed E-state index contributed by atoms with van der Waals surface area (Å²) in [6.45, 7) is 1.42. The van der Waals surface area contributed by atoms with Gasteiger partial charge in [-0.2, -0.15) is 0 Å². The Balaban J connectivity index is 1.90. The predicted octanol–water partition coefficient (Wildman–Crippen LogP) is 2.83. The molecule has 0 aliphatic heterocycles. The smallest absolute Gasteiger partial charge is 0.243 e. The molecule has 0 aromatic heterocycles. The van der Waals surface area contributed by atoms with Crippen molar-refractivity contribution in [2.45, 2.75) is 6.92 Å². The quantitative estimate of drug-likeness (QED) is 0.795. The number of amides is 2. The van der Waals surface area contributed by atoms with Crippen molar-refractivity contribution in [1.82, 2.24) is 0 Å². The van der Waals surface area contributed by atoms with E-state index in [4.69, 9.17) is 0 Å². The summed E-state index contributed by atoms with van der Waals surface area (Å²) in [4.78, 5) is 22.8. The molecule has 0 atom stereocenters. The van der Waals surface area contributed by atoms with E-state index in [0.717, 1.165) is 0 Å².